The molecule has 0 unspecified atom stereocenters. The molecular formula is C22H29N5O3. The second-order valence-corrected chi connectivity index (χ2v) is 7.40. The lowest BCUT2D eigenvalue weighted by molar-refractivity contribution is 0.253. The molecule has 1 fully saturated rings. The SMILES string of the molecule is COc1ccc2[nH]cc(CCCN3CCN(c4ncnc(OC)c4OC)CC3)c2c1. The Bertz CT molecular complexity index is 982. The van der Waals surface area contributed by atoms with Crippen molar-refractivity contribution in [3.8, 4) is 17.4 Å². The number of benzene rings is 1. The number of aromatic nitrogens is 3. The number of ether oxygens (including phenoxy) is 3. The van der Waals surface area contributed by atoms with Gasteiger partial charge in [-0.3, -0.25) is 4.90 Å². The average Bonchev–Trinajstić information content (AvgIpc) is 3.21. The Morgan fingerprint density at radius 2 is 1.83 bits per heavy atom. The van der Waals surface area contributed by atoms with E-state index in [0.717, 1.165) is 62.6 Å². The summed E-state index contributed by atoms with van der Waals surface area (Å²) < 4.78 is 16.2. The van der Waals surface area contributed by atoms with E-state index in [1.54, 1.807) is 21.3 Å². The number of nitrogens with zero attached hydrogens (tertiary/aromatic N) is 4. The van der Waals surface area contributed by atoms with Crippen LogP contribution in [0.15, 0.2) is 30.7 Å². The number of fused-ring (bicyclic) bond motifs is 1. The fourth-order valence-electron chi connectivity index (χ4n) is 4.07. The van der Waals surface area contributed by atoms with Gasteiger partial charge in [0.15, 0.2) is 5.82 Å². The molecular weight excluding hydrogens is 382 g/mol. The number of hydrogen-bond donors (Lipinski definition) is 1. The van der Waals surface area contributed by atoms with Gasteiger partial charge >= 0.3 is 0 Å². The van der Waals surface area contributed by atoms with E-state index in [9.17, 15) is 0 Å². The third kappa shape index (κ3) is 4.14. The monoisotopic (exact) mass is 411 g/mol. The molecule has 1 aliphatic heterocycles. The van der Waals surface area contributed by atoms with E-state index in [4.69, 9.17) is 14.2 Å². The molecule has 30 heavy (non-hydrogen) atoms. The van der Waals surface area contributed by atoms with Crippen LogP contribution in [0.25, 0.3) is 10.9 Å². The molecule has 0 atom stereocenters. The van der Waals surface area contributed by atoms with Gasteiger partial charge in [-0.15, -0.1) is 0 Å². The van der Waals surface area contributed by atoms with Gasteiger partial charge in [-0.2, -0.15) is 4.98 Å². The fraction of sp³-hybridized carbons (Fsp3) is 0.455. The van der Waals surface area contributed by atoms with Crippen LogP contribution in [0, 0.1) is 0 Å². The minimum Gasteiger partial charge on any atom is -0.497 e. The first-order valence-electron chi connectivity index (χ1n) is 10.3. The van der Waals surface area contributed by atoms with Gasteiger partial charge in [-0.1, -0.05) is 0 Å². The van der Waals surface area contributed by atoms with Crippen LogP contribution in [0.2, 0.25) is 0 Å². The Hall–Kier alpha value is -3.00. The molecule has 1 aliphatic rings. The number of anilines is 1. The Balaban J connectivity index is 1.31. The van der Waals surface area contributed by atoms with Crippen LogP contribution in [0.3, 0.4) is 0 Å². The highest BCUT2D eigenvalue weighted by Crippen LogP contribution is 2.33. The smallest absolute Gasteiger partial charge is 0.262 e. The Morgan fingerprint density at radius 3 is 2.57 bits per heavy atom. The summed E-state index contributed by atoms with van der Waals surface area (Å²) in [6.07, 6.45) is 5.81. The van der Waals surface area contributed by atoms with Crippen molar-refractivity contribution in [1.29, 1.82) is 0 Å². The van der Waals surface area contributed by atoms with Crippen LogP contribution in [0.4, 0.5) is 5.82 Å². The molecule has 0 aliphatic carbocycles. The molecule has 0 saturated carbocycles. The van der Waals surface area contributed by atoms with Crippen molar-refractivity contribution < 1.29 is 14.2 Å². The number of piperazine rings is 1. The van der Waals surface area contributed by atoms with Crippen molar-refractivity contribution in [3.63, 3.8) is 0 Å². The molecule has 4 rings (SSSR count). The average molecular weight is 412 g/mol. The number of nitrogens with one attached hydrogen (secondary N) is 1. The van der Waals surface area contributed by atoms with Crippen molar-refractivity contribution in [1.82, 2.24) is 19.9 Å². The molecule has 2 aromatic heterocycles. The highest BCUT2D eigenvalue weighted by Gasteiger charge is 2.23. The standard InChI is InChI=1S/C22H29N5O3/c1-28-17-6-7-19-18(13-17)16(14-23-19)5-4-8-26-9-11-27(12-10-26)21-20(29-2)22(30-3)25-15-24-21/h6-7,13-15,23H,4-5,8-12H2,1-3H3. The predicted octanol–water partition coefficient (Wildman–Crippen LogP) is 2.74. The van der Waals surface area contributed by atoms with Crippen molar-refractivity contribution in [2.75, 3.05) is 59.0 Å². The summed E-state index contributed by atoms with van der Waals surface area (Å²) in [6.45, 7) is 4.88. The minimum atomic E-state index is 0.472. The third-order valence-corrected chi connectivity index (χ3v) is 5.72. The van der Waals surface area contributed by atoms with Gasteiger partial charge in [0, 0.05) is 43.3 Å². The number of aryl methyl sites for hydroxylation is 1. The highest BCUT2D eigenvalue weighted by atomic mass is 16.5. The Morgan fingerprint density at radius 1 is 1.00 bits per heavy atom. The zero-order valence-electron chi connectivity index (χ0n) is 17.9. The van der Waals surface area contributed by atoms with Gasteiger partial charge in [0.2, 0.25) is 5.75 Å². The van der Waals surface area contributed by atoms with E-state index in [-0.39, 0.29) is 0 Å². The van der Waals surface area contributed by atoms with Gasteiger partial charge in [0.1, 0.15) is 12.1 Å². The quantitative estimate of drug-likeness (QED) is 0.611. The maximum atomic E-state index is 5.49. The second-order valence-electron chi connectivity index (χ2n) is 7.40. The summed E-state index contributed by atoms with van der Waals surface area (Å²) in [5.74, 6) is 2.77. The first-order valence-corrected chi connectivity index (χ1v) is 10.3. The topological polar surface area (TPSA) is 75.7 Å². The van der Waals surface area contributed by atoms with E-state index >= 15 is 0 Å². The summed E-state index contributed by atoms with van der Waals surface area (Å²) in [4.78, 5) is 16.7. The predicted molar refractivity (Wildman–Crippen MR) is 117 cm³/mol. The zero-order valence-corrected chi connectivity index (χ0v) is 17.9. The number of rotatable bonds is 8. The van der Waals surface area contributed by atoms with Crippen molar-refractivity contribution in [2.24, 2.45) is 0 Å². The van der Waals surface area contributed by atoms with E-state index in [1.807, 2.05) is 6.07 Å². The molecule has 0 bridgehead atoms. The molecule has 3 heterocycles. The summed E-state index contributed by atoms with van der Waals surface area (Å²) >= 11 is 0. The molecule has 1 N–H and O–H groups in total. The van der Waals surface area contributed by atoms with Crippen LogP contribution in [-0.2, 0) is 6.42 Å². The van der Waals surface area contributed by atoms with Crippen LogP contribution in [0.1, 0.15) is 12.0 Å². The van der Waals surface area contributed by atoms with Crippen molar-refractivity contribution >= 4 is 16.7 Å². The molecule has 8 nitrogen and oxygen atoms in total. The summed E-state index contributed by atoms with van der Waals surface area (Å²) in [5, 5.41) is 1.25. The largest absolute Gasteiger partial charge is 0.497 e. The van der Waals surface area contributed by atoms with Gasteiger partial charge in [-0.05, 0) is 43.1 Å². The lowest BCUT2D eigenvalue weighted by Crippen LogP contribution is -2.47. The number of hydrogen-bond acceptors (Lipinski definition) is 7. The van der Waals surface area contributed by atoms with E-state index < -0.39 is 0 Å². The van der Waals surface area contributed by atoms with Gasteiger partial charge < -0.3 is 24.1 Å². The zero-order chi connectivity index (χ0) is 20.9. The van der Waals surface area contributed by atoms with Gasteiger partial charge in [0.25, 0.3) is 5.88 Å². The van der Waals surface area contributed by atoms with Crippen LogP contribution in [-0.4, -0.2) is 73.9 Å². The molecule has 1 aromatic carbocycles. The molecule has 0 amide bonds. The Kier molecular flexibility index (Phi) is 6.23. The van der Waals surface area contributed by atoms with Crippen molar-refractivity contribution in [2.45, 2.75) is 12.8 Å². The maximum absolute atomic E-state index is 5.49. The van der Waals surface area contributed by atoms with Crippen LogP contribution >= 0.6 is 0 Å². The van der Waals surface area contributed by atoms with Gasteiger partial charge in [-0.25, -0.2) is 4.98 Å². The number of methoxy groups -OCH3 is 3. The van der Waals surface area contributed by atoms with E-state index in [1.165, 1.54) is 17.3 Å². The fourth-order valence-corrected chi connectivity index (χ4v) is 4.07. The maximum Gasteiger partial charge on any atom is 0.262 e. The lowest BCUT2D eigenvalue weighted by Gasteiger charge is -2.35. The molecule has 8 heteroatoms. The molecule has 3 aromatic rings. The molecule has 1 saturated heterocycles. The molecule has 0 radical (unpaired) electrons. The van der Waals surface area contributed by atoms with Crippen molar-refractivity contribution in [3.05, 3.63) is 36.3 Å². The first kappa shape index (κ1) is 20.3. The molecule has 160 valence electrons. The Labute approximate surface area is 176 Å². The first-order chi connectivity index (χ1) is 14.7. The number of H-pyrrole nitrogens is 1. The summed E-state index contributed by atoms with van der Waals surface area (Å²) in [6, 6.07) is 6.18. The normalized spacial score (nSPS) is 14.8. The second kappa shape index (κ2) is 9.21. The van der Waals surface area contributed by atoms with E-state index in [2.05, 4.69) is 43.1 Å². The minimum absolute atomic E-state index is 0.472. The summed E-state index contributed by atoms with van der Waals surface area (Å²) in [7, 11) is 4.93. The highest BCUT2D eigenvalue weighted by molar-refractivity contribution is 5.84. The number of aromatic amines is 1. The van der Waals surface area contributed by atoms with Crippen LogP contribution in [0.5, 0.6) is 17.4 Å². The lowest BCUT2D eigenvalue weighted by atomic mass is 10.1. The molecule has 0 spiro atoms. The summed E-state index contributed by atoms with van der Waals surface area (Å²) in [5.41, 5.74) is 2.51. The third-order valence-electron chi connectivity index (χ3n) is 5.72. The van der Waals surface area contributed by atoms with E-state index in [0.29, 0.717) is 11.6 Å². The van der Waals surface area contributed by atoms with Gasteiger partial charge in [0.05, 0.1) is 21.3 Å². The van der Waals surface area contributed by atoms with Crippen LogP contribution < -0.4 is 19.1 Å².